The van der Waals surface area contributed by atoms with Gasteiger partial charge in [-0.25, -0.2) is 0 Å². The van der Waals surface area contributed by atoms with Crippen molar-refractivity contribution in [1.29, 1.82) is 0 Å². The van der Waals surface area contributed by atoms with Gasteiger partial charge in [-0.2, -0.15) is 0 Å². The van der Waals surface area contributed by atoms with Gasteiger partial charge in [0.1, 0.15) is 4.34 Å². The van der Waals surface area contributed by atoms with Crippen LogP contribution in [-0.2, 0) is 0 Å². The first-order chi connectivity index (χ1) is 8.65. The van der Waals surface area contributed by atoms with Crippen molar-refractivity contribution in [3.8, 4) is 0 Å². The second kappa shape index (κ2) is 9.63. The molecule has 0 aliphatic carbocycles. The Hall–Kier alpha value is 0.760. The normalized spacial score (nSPS) is 12.9. The molecule has 0 radical (unpaired) electrons. The zero-order valence-electron chi connectivity index (χ0n) is 10.9. The van der Waals surface area contributed by atoms with E-state index < -0.39 is 0 Å². The molecule has 1 unspecified atom stereocenters. The van der Waals surface area contributed by atoms with Crippen molar-refractivity contribution in [1.82, 2.24) is 0 Å². The summed E-state index contributed by atoms with van der Waals surface area (Å²) < 4.78 is 1.77. The minimum atomic E-state index is 0.120. The van der Waals surface area contributed by atoms with E-state index in [1.807, 2.05) is 6.07 Å². The molecule has 0 amide bonds. The first-order valence-corrected chi connectivity index (χ1v) is 9.16. The van der Waals surface area contributed by atoms with Gasteiger partial charge in [-0.15, -0.1) is 22.9 Å². The van der Waals surface area contributed by atoms with Gasteiger partial charge in [0.25, 0.3) is 0 Å². The Bertz CT molecular complexity index is 319. The van der Waals surface area contributed by atoms with Crippen LogP contribution in [0, 0.1) is 0 Å². The molecule has 104 valence electrons. The van der Waals surface area contributed by atoms with Crippen molar-refractivity contribution in [3.05, 3.63) is 19.8 Å². The largest absolute Gasteiger partial charge is 0.126 e. The fourth-order valence-electron chi connectivity index (χ4n) is 1.94. The molecule has 0 aromatic carbocycles. The van der Waals surface area contributed by atoms with E-state index in [9.17, 15) is 0 Å². The smallest absolute Gasteiger partial charge is 0.107 e. The van der Waals surface area contributed by atoms with Crippen LogP contribution in [0.5, 0.6) is 0 Å². The molecule has 0 bridgehead atoms. The topological polar surface area (TPSA) is 0 Å². The van der Waals surface area contributed by atoms with Gasteiger partial charge in [0, 0.05) is 9.35 Å². The second-order valence-electron chi connectivity index (χ2n) is 4.65. The number of halogens is 3. The third-order valence-corrected chi connectivity index (χ3v) is 6.21. The molecular formula is C14H21BrCl2S. The van der Waals surface area contributed by atoms with Crippen LogP contribution in [0.3, 0.4) is 0 Å². The molecule has 0 saturated carbocycles. The minimum absolute atomic E-state index is 0.120. The molecular weight excluding hydrogens is 351 g/mol. The minimum Gasteiger partial charge on any atom is -0.126 e. The van der Waals surface area contributed by atoms with Gasteiger partial charge in [-0.1, -0.05) is 63.5 Å². The van der Waals surface area contributed by atoms with E-state index in [1.54, 1.807) is 11.3 Å². The standard InChI is InChI=1S/C14H21BrCl2S/c1-2-3-4-5-6-7-8-9-12(16)13-10-11(15)14(17)18-13/h10,12H,2-9H2,1H3. The van der Waals surface area contributed by atoms with Crippen LogP contribution in [-0.4, -0.2) is 0 Å². The van der Waals surface area contributed by atoms with E-state index in [-0.39, 0.29) is 5.38 Å². The molecule has 4 heteroatoms. The summed E-state index contributed by atoms with van der Waals surface area (Å²) in [5.41, 5.74) is 0. The highest BCUT2D eigenvalue weighted by Gasteiger charge is 2.12. The van der Waals surface area contributed by atoms with Crippen LogP contribution in [0.1, 0.15) is 68.5 Å². The van der Waals surface area contributed by atoms with Gasteiger partial charge < -0.3 is 0 Å². The fraction of sp³-hybridized carbons (Fsp3) is 0.714. The molecule has 1 rings (SSSR count). The van der Waals surface area contributed by atoms with E-state index >= 15 is 0 Å². The van der Waals surface area contributed by atoms with Crippen LogP contribution in [0.15, 0.2) is 10.5 Å². The van der Waals surface area contributed by atoms with Crippen molar-refractivity contribution in [2.24, 2.45) is 0 Å². The maximum atomic E-state index is 6.39. The summed E-state index contributed by atoms with van der Waals surface area (Å²) in [4.78, 5) is 1.18. The molecule has 0 nitrogen and oxygen atoms in total. The van der Waals surface area contributed by atoms with Gasteiger partial charge in [0.2, 0.25) is 0 Å². The zero-order valence-corrected chi connectivity index (χ0v) is 14.8. The molecule has 1 aromatic heterocycles. The number of unbranched alkanes of at least 4 members (excludes halogenated alkanes) is 6. The van der Waals surface area contributed by atoms with Gasteiger partial charge in [-0.05, 0) is 28.4 Å². The number of alkyl halides is 1. The summed E-state index contributed by atoms with van der Waals surface area (Å²) in [6, 6.07) is 2.05. The Labute approximate surface area is 133 Å². The fourth-order valence-corrected chi connectivity index (χ4v) is 4.04. The highest BCUT2D eigenvalue weighted by atomic mass is 79.9. The average molecular weight is 372 g/mol. The Kier molecular flexibility index (Phi) is 9.00. The molecule has 1 atom stereocenters. The molecule has 0 aliphatic heterocycles. The van der Waals surface area contributed by atoms with Crippen LogP contribution < -0.4 is 0 Å². The summed E-state index contributed by atoms with van der Waals surface area (Å²) in [6.45, 7) is 2.25. The number of hydrogen-bond donors (Lipinski definition) is 0. The Balaban J connectivity index is 2.12. The third kappa shape index (κ3) is 6.27. The molecule has 0 aliphatic rings. The molecule has 1 aromatic rings. The van der Waals surface area contributed by atoms with Crippen molar-refractivity contribution >= 4 is 50.5 Å². The number of rotatable bonds is 9. The van der Waals surface area contributed by atoms with E-state index in [1.165, 1.54) is 49.8 Å². The van der Waals surface area contributed by atoms with Crippen LogP contribution in [0.2, 0.25) is 4.34 Å². The van der Waals surface area contributed by atoms with Gasteiger partial charge in [0.15, 0.2) is 0 Å². The summed E-state index contributed by atoms with van der Waals surface area (Å²) in [5, 5.41) is 0.120. The van der Waals surface area contributed by atoms with Crippen molar-refractivity contribution in [2.45, 2.75) is 63.7 Å². The molecule has 0 fully saturated rings. The predicted octanol–water partition coefficient (Wildman–Crippen LogP) is 7.58. The summed E-state index contributed by atoms with van der Waals surface area (Å²) in [6.07, 6.45) is 10.4. The lowest BCUT2D eigenvalue weighted by Gasteiger charge is -2.06. The molecule has 0 N–H and O–H groups in total. The van der Waals surface area contributed by atoms with Gasteiger partial charge in [0.05, 0.1) is 5.38 Å². The lowest BCUT2D eigenvalue weighted by atomic mass is 10.1. The van der Waals surface area contributed by atoms with Crippen LogP contribution in [0.25, 0.3) is 0 Å². The highest BCUT2D eigenvalue weighted by molar-refractivity contribution is 9.10. The molecule has 1 heterocycles. The van der Waals surface area contributed by atoms with Crippen molar-refractivity contribution in [2.75, 3.05) is 0 Å². The second-order valence-corrected chi connectivity index (χ2v) is 7.71. The average Bonchev–Trinajstić information content (AvgIpc) is 2.68. The first-order valence-electron chi connectivity index (χ1n) is 6.74. The van der Waals surface area contributed by atoms with E-state index in [2.05, 4.69) is 22.9 Å². The van der Waals surface area contributed by atoms with E-state index in [0.717, 1.165) is 15.2 Å². The highest BCUT2D eigenvalue weighted by Crippen LogP contribution is 2.39. The quantitative estimate of drug-likeness (QED) is 0.310. The zero-order chi connectivity index (χ0) is 13.4. The number of thiophene rings is 1. The van der Waals surface area contributed by atoms with Crippen molar-refractivity contribution < 1.29 is 0 Å². The van der Waals surface area contributed by atoms with Gasteiger partial charge >= 0.3 is 0 Å². The molecule has 18 heavy (non-hydrogen) atoms. The maximum absolute atomic E-state index is 6.39. The van der Waals surface area contributed by atoms with Crippen molar-refractivity contribution in [3.63, 3.8) is 0 Å². The SMILES string of the molecule is CCCCCCCCCC(Cl)c1cc(Br)c(Cl)s1. The lowest BCUT2D eigenvalue weighted by Crippen LogP contribution is -1.87. The Morgan fingerprint density at radius 2 is 1.78 bits per heavy atom. The number of hydrogen-bond acceptors (Lipinski definition) is 1. The molecule has 0 spiro atoms. The van der Waals surface area contributed by atoms with E-state index in [4.69, 9.17) is 23.2 Å². The molecule has 0 saturated heterocycles. The summed E-state index contributed by atoms with van der Waals surface area (Å²) in [7, 11) is 0. The maximum Gasteiger partial charge on any atom is 0.107 e. The van der Waals surface area contributed by atoms with Crippen LogP contribution in [0.4, 0.5) is 0 Å². The Morgan fingerprint density at radius 1 is 1.17 bits per heavy atom. The lowest BCUT2D eigenvalue weighted by molar-refractivity contribution is 0.573. The summed E-state index contributed by atoms with van der Waals surface area (Å²) >= 11 is 17.4. The monoisotopic (exact) mass is 370 g/mol. The third-order valence-electron chi connectivity index (χ3n) is 3.03. The Morgan fingerprint density at radius 3 is 2.33 bits per heavy atom. The van der Waals surface area contributed by atoms with E-state index in [0.29, 0.717) is 0 Å². The van der Waals surface area contributed by atoms with Crippen LogP contribution >= 0.6 is 50.5 Å². The van der Waals surface area contributed by atoms with Gasteiger partial charge in [-0.3, -0.25) is 0 Å². The predicted molar refractivity (Wildman–Crippen MR) is 88.2 cm³/mol. The first kappa shape index (κ1) is 16.8. The summed E-state index contributed by atoms with van der Waals surface area (Å²) in [5.74, 6) is 0.